The van der Waals surface area contributed by atoms with E-state index in [2.05, 4.69) is 26.6 Å². The average Bonchev–Trinajstić information content (AvgIpc) is 3.15. The summed E-state index contributed by atoms with van der Waals surface area (Å²) < 4.78 is 7.76. The van der Waals surface area contributed by atoms with E-state index in [-0.39, 0.29) is 0 Å². The van der Waals surface area contributed by atoms with Gasteiger partial charge in [-0.2, -0.15) is 0 Å². The fourth-order valence-electron chi connectivity index (χ4n) is 2.73. The lowest BCUT2D eigenvalue weighted by Gasteiger charge is -2.29. The molecule has 0 radical (unpaired) electrons. The summed E-state index contributed by atoms with van der Waals surface area (Å²) in [5.74, 6) is 2.05. The van der Waals surface area contributed by atoms with Gasteiger partial charge in [0.15, 0.2) is 0 Å². The number of ether oxygens (including phenoxy) is 1. The van der Waals surface area contributed by atoms with Gasteiger partial charge in [0.25, 0.3) is 0 Å². The number of fused-ring (bicyclic) bond motifs is 1. The van der Waals surface area contributed by atoms with Crippen molar-refractivity contribution < 1.29 is 9.84 Å². The van der Waals surface area contributed by atoms with E-state index >= 15 is 0 Å². The zero-order valence-corrected chi connectivity index (χ0v) is 13.6. The number of hydrogen-bond donors (Lipinski definition) is 1. The summed E-state index contributed by atoms with van der Waals surface area (Å²) in [5.41, 5.74) is 0. The van der Waals surface area contributed by atoms with Crippen molar-refractivity contribution in [1.29, 1.82) is 0 Å². The largest absolute Gasteiger partial charge is 0.389 e. The molecule has 0 spiro atoms. The van der Waals surface area contributed by atoms with Crippen LogP contribution < -0.4 is 0 Å². The second-order valence-corrected chi connectivity index (χ2v) is 6.55. The van der Waals surface area contributed by atoms with Crippen LogP contribution in [0.1, 0.15) is 23.4 Å². The van der Waals surface area contributed by atoms with Crippen LogP contribution >= 0.6 is 11.3 Å². The van der Waals surface area contributed by atoms with Gasteiger partial charge < -0.3 is 14.4 Å². The Hall–Kier alpha value is -1.28. The van der Waals surface area contributed by atoms with E-state index in [0.29, 0.717) is 19.8 Å². The van der Waals surface area contributed by atoms with Crippen molar-refractivity contribution in [2.45, 2.75) is 39.1 Å². The molecule has 1 N–H and O–H groups in total. The molecule has 7 heteroatoms. The van der Waals surface area contributed by atoms with Crippen molar-refractivity contribution in [2.75, 3.05) is 19.7 Å². The fourth-order valence-corrected chi connectivity index (χ4v) is 3.37. The van der Waals surface area contributed by atoms with E-state index in [4.69, 9.17) is 4.74 Å². The number of nitrogens with zero attached hydrogens (tertiary/aromatic N) is 4. The van der Waals surface area contributed by atoms with Crippen molar-refractivity contribution in [3.63, 3.8) is 0 Å². The summed E-state index contributed by atoms with van der Waals surface area (Å²) in [5, 5.41) is 20.6. The maximum absolute atomic E-state index is 10.1. The number of thiophene rings is 1. The third-order valence-corrected chi connectivity index (χ3v) is 4.68. The minimum Gasteiger partial charge on any atom is -0.389 e. The Kier molecular flexibility index (Phi) is 5.20. The quantitative estimate of drug-likeness (QED) is 0.832. The lowest BCUT2D eigenvalue weighted by atomic mass is 10.3. The molecule has 0 aliphatic carbocycles. The zero-order chi connectivity index (χ0) is 15.4. The monoisotopic (exact) mass is 322 g/mol. The van der Waals surface area contributed by atoms with E-state index in [1.54, 1.807) is 11.3 Å². The minimum atomic E-state index is -0.472. The van der Waals surface area contributed by atoms with E-state index in [9.17, 15) is 5.11 Å². The number of aliphatic hydroxyl groups is 1. The first-order valence-corrected chi connectivity index (χ1v) is 8.55. The highest BCUT2D eigenvalue weighted by Crippen LogP contribution is 2.14. The summed E-state index contributed by atoms with van der Waals surface area (Å²) in [6, 6.07) is 4.05. The van der Waals surface area contributed by atoms with Crippen LogP contribution in [-0.2, 0) is 30.9 Å². The number of hydrogen-bond acceptors (Lipinski definition) is 6. The summed E-state index contributed by atoms with van der Waals surface area (Å²) in [7, 11) is 0. The molecule has 0 bridgehead atoms. The molecule has 120 valence electrons. The standard InChI is InChI=1S/C15H22N4O2S/c1-2-14-16-17-15-9-18(5-6-19(14)15)8-12(20)10-21-11-13-4-3-7-22-13/h3-4,7,12,20H,2,5-6,8-11H2,1H3/t12-/m1/s1. The molecule has 2 aromatic heterocycles. The van der Waals surface area contributed by atoms with Crippen LogP contribution in [0.5, 0.6) is 0 Å². The first-order chi connectivity index (χ1) is 10.8. The van der Waals surface area contributed by atoms with Crippen molar-refractivity contribution in [3.8, 4) is 0 Å². The average molecular weight is 322 g/mol. The highest BCUT2D eigenvalue weighted by atomic mass is 32.1. The molecule has 1 atom stereocenters. The van der Waals surface area contributed by atoms with Gasteiger partial charge in [-0.05, 0) is 11.4 Å². The summed E-state index contributed by atoms with van der Waals surface area (Å²) in [6.07, 6.45) is 0.437. The highest BCUT2D eigenvalue weighted by Gasteiger charge is 2.22. The molecule has 0 unspecified atom stereocenters. The van der Waals surface area contributed by atoms with Crippen LogP contribution in [0.4, 0.5) is 0 Å². The van der Waals surface area contributed by atoms with Gasteiger partial charge in [-0.1, -0.05) is 13.0 Å². The first-order valence-electron chi connectivity index (χ1n) is 7.67. The molecule has 0 saturated heterocycles. The Morgan fingerprint density at radius 3 is 3.09 bits per heavy atom. The summed E-state index contributed by atoms with van der Waals surface area (Å²) in [4.78, 5) is 3.40. The van der Waals surface area contributed by atoms with Crippen molar-refractivity contribution in [1.82, 2.24) is 19.7 Å². The number of aryl methyl sites for hydroxylation is 1. The van der Waals surface area contributed by atoms with Crippen LogP contribution in [0.15, 0.2) is 17.5 Å². The molecular formula is C15H22N4O2S. The summed E-state index contributed by atoms with van der Waals surface area (Å²) in [6.45, 7) is 6.20. The normalized spacial score (nSPS) is 16.6. The minimum absolute atomic E-state index is 0.362. The van der Waals surface area contributed by atoms with Crippen LogP contribution in [0.2, 0.25) is 0 Å². The van der Waals surface area contributed by atoms with Gasteiger partial charge in [-0.25, -0.2) is 0 Å². The van der Waals surface area contributed by atoms with Gasteiger partial charge in [-0.3, -0.25) is 4.90 Å². The predicted octanol–water partition coefficient (Wildman–Crippen LogP) is 1.30. The zero-order valence-electron chi connectivity index (χ0n) is 12.8. The third-order valence-electron chi connectivity index (χ3n) is 3.83. The Morgan fingerprint density at radius 1 is 1.41 bits per heavy atom. The smallest absolute Gasteiger partial charge is 0.147 e. The number of aliphatic hydroxyl groups excluding tert-OH is 1. The fraction of sp³-hybridized carbons (Fsp3) is 0.600. The third kappa shape index (κ3) is 3.73. The van der Waals surface area contributed by atoms with Crippen LogP contribution in [-0.4, -0.2) is 50.6 Å². The van der Waals surface area contributed by atoms with Crippen LogP contribution in [0.25, 0.3) is 0 Å². The molecule has 1 aliphatic rings. The van der Waals surface area contributed by atoms with Gasteiger partial charge >= 0.3 is 0 Å². The van der Waals surface area contributed by atoms with Gasteiger partial charge in [0.2, 0.25) is 0 Å². The maximum Gasteiger partial charge on any atom is 0.147 e. The molecule has 1 aliphatic heterocycles. The SMILES string of the molecule is CCc1nnc2n1CCN(C[C@@H](O)COCc1cccs1)C2. The Bertz CT molecular complexity index is 584. The second-order valence-electron chi connectivity index (χ2n) is 5.52. The van der Waals surface area contributed by atoms with E-state index in [0.717, 1.165) is 37.7 Å². The Labute approximate surface area is 134 Å². The van der Waals surface area contributed by atoms with Crippen LogP contribution in [0.3, 0.4) is 0 Å². The molecule has 0 amide bonds. The molecular weight excluding hydrogens is 300 g/mol. The topological polar surface area (TPSA) is 63.4 Å². The van der Waals surface area contributed by atoms with Gasteiger partial charge in [-0.15, -0.1) is 21.5 Å². The summed E-state index contributed by atoms with van der Waals surface area (Å²) >= 11 is 1.67. The van der Waals surface area contributed by atoms with Crippen molar-refractivity contribution >= 4 is 11.3 Å². The second kappa shape index (κ2) is 7.32. The highest BCUT2D eigenvalue weighted by molar-refractivity contribution is 7.09. The predicted molar refractivity (Wildman–Crippen MR) is 84.7 cm³/mol. The molecule has 0 aromatic carbocycles. The first kappa shape index (κ1) is 15.6. The van der Waals surface area contributed by atoms with Crippen molar-refractivity contribution in [2.24, 2.45) is 0 Å². The van der Waals surface area contributed by atoms with Gasteiger partial charge in [0.1, 0.15) is 11.6 Å². The van der Waals surface area contributed by atoms with Crippen molar-refractivity contribution in [3.05, 3.63) is 34.0 Å². The molecule has 0 saturated carbocycles. The van der Waals surface area contributed by atoms with E-state index < -0.39 is 6.10 Å². The van der Waals surface area contributed by atoms with E-state index in [1.165, 1.54) is 4.88 Å². The lowest BCUT2D eigenvalue weighted by molar-refractivity contribution is 0.00607. The number of aromatic nitrogens is 3. The molecule has 3 rings (SSSR count). The molecule has 0 fully saturated rings. The Balaban J connectivity index is 1.43. The molecule has 6 nitrogen and oxygen atoms in total. The Morgan fingerprint density at radius 2 is 2.32 bits per heavy atom. The van der Waals surface area contributed by atoms with Crippen LogP contribution in [0, 0.1) is 0 Å². The number of rotatable bonds is 7. The molecule has 3 heterocycles. The van der Waals surface area contributed by atoms with Gasteiger partial charge in [0, 0.05) is 30.9 Å². The van der Waals surface area contributed by atoms with E-state index in [1.807, 2.05) is 17.5 Å². The number of β-amino-alcohol motifs (C(OH)–C–C–N with tert-alkyl or cyclic N) is 1. The van der Waals surface area contributed by atoms with Gasteiger partial charge in [0.05, 0.1) is 25.9 Å². The maximum atomic E-state index is 10.1. The molecule has 2 aromatic rings. The molecule has 22 heavy (non-hydrogen) atoms. The lowest BCUT2D eigenvalue weighted by Crippen LogP contribution is -2.40.